The molecule has 0 aromatic heterocycles. The molecule has 0 atom stereocenters. The molecule has 0 aliphatic heterocycles. The van der Waals surface area contributed by atoms with Crippen molar-refractivity contribution in [3.63, 3.8) is 0 Å². The van der Waals surface area contributed by atoms with Gasteiger partial charge in [-0.2, -0.15) is 0 Å². The predicted molar refractivity (Wildman–Crippen MR) is 136 cm³/mol. The largest absolute Gasteiger partial charge is 0.478 e. The van der Waals surface area contributed by atoms with Gasteiger partial charge in [0.05, 0.1) is 12.3 Å². The Hall–Kier alpha value is -4.29. The molecule has 6 heteroatoms. The average molecular weight is 470 g/mol. The van der Waals surface area contributed by atoms with Crippen molar-refractivity contribution >= 4 is 33.9 Å². The fourth-order valence-corrected chi connectivity index (χ4v) is 4.06. The number of anilines is 1. The number of hydrogen-bond acceptors (Lipinski definition) is 3. The van der Waals surface area contributed by atoms with Gasteiger partial charge in [0, 0.05) is 11.6 Å². The van der Waals surface area contributed by atoms with E-state index in [1.807, 2.05) is 54.6 Å². The van der Waals surface area contributed by atoms with Gasteiger partial charge in [0.25, 0.3) is 5.91 Å². The van der Waals surface area contributed by atoms with Gasteiger partial charge in [0.15, 0.2) is 0 Å². The standard InChI is InChI=1S/C29H24FNO4/c1-2-19(16-28(33)34)21-10-11-26(30)27(15-21)31-29(35)25-14-23(13-22-7-3-4-9-24(22)25)20-8-5-6-18(12-20)17-32/h3-16,32H,2,17H2,1H3,(H,31,35)(H,33,34)/b19-16+. The summed E-state index contributed by atoms with van der Waals surface area (Å²) in [6, 6.07) is 22.7. The van der Waals surface area contributed by atoms with Crippen molar-refractivity contribution < 1.29 is 24.2 Å². The summed E-state index contributed by atoms with van der Waals surface area (Å²) in [5.74, 6) is -2.20. The van der Waals surface area contributed by atoms with Gasteiger partial charge in [-0.3, -0.25) is 4.79 Å². The highest BCUT2D eigenvalue weighted by Gasteiger charge is 2.16. The summed E-state index contributed by atoms with van der Waals surface area (Å²) in [5, 5.41) is 22.8. The third kappa shape index (κ3) is 5.28. The Morgan fingerprint density at radius 1 is 0.943 bits per heavy atom. The van der Waals surface area contributed by atoms with Crippen LogP contribution in [0.25, 0.3) is 27.5 Å². The molecule has 4 aromatic rings. The quantitative estimate of drug-likeness (QED) is 0.279. The summed E-state index contributed by atoms with van der Waals surface area (Å²) in [6.45, 7) is 1.71. The van der Waals surface area contributed by atoms with Crippen molar-refractivity contribution in [2.45, 2.75) is 20.0 Å². The minimum absolute atomic E-state index is 0.0333. The molecular formula is C29H24FNO4. The number of aliphatic hydroxyl groups is 1. The van der Waals surface area contributed by atoms with Crippen LogP contribution < -0.4 is 5.32 Å². The Morgan fingerprint density at radius 3 is 2.49 bits per heavy atom. The molecular weight excluding hydrogens is 445 g/mol. The highest BCUT2D eigenvalue weighted by atomic mass is 19.1. The van der Waals surface area contributed by atoms with Gasteiger partial charge in [0.1, 0.15) is 5.82 Å². The minimum atomic E-state index is -1.09. The lowest BCUT2D eigenvalue weighted by atomic mass is 9.95. The maximum Gasteiger partial charge on any atom is 0.328 e. The maximum absolute atomic E-state index is 14.6. The molecule has 4 aromatic carbocycles. The summed E-state index contributed by atoms with van der Waals surface area (Å²) in [5.41, 5.74) is 3.76. The number of halogens is 1. The lowest BCUT2D eigenvalue weighted by molar-refractivity contribution is -0.131. The Kier molecular flexibility index (Phi) is 7.03. The smallest absolute Gasteiger partial charge is 0.328 e. The maximum atomic E-state index is 14.6. The number of aliphatic hydroxyl groups excluding tert-OH is 1. The van der Waals surface area contributed by atoms with Crippen molar-refractivity contribution in [3.05, 3.63) is 107 Å². The molecule has 176 valence electrons. The zero-order valence-corrected chi connectivity index (χ0v) is 19.1. The number of hydrogen-bond donors (Lipinski definition) is 3. The van der Waals surface area contributed by atoms with Crippen LogP contribution in [0.3, 0.4) is 0 Å². The van der Waals surface area contributed by atoms with E-state index in [0.717, 1.165) is 28.2 Å². The summed E-state index contributed by atoms with van der Waals surface area (Å²) >= 11 is 0. The second-order valence-corrected chi connectivity index (χ2v) is 8.11. The summed E-state index contributed by atoms with van der Waals surface area (Å²) in [6.07, 6.45) is 1.52. The van der Waals surface area contributed by atoms with Crippen molar-refractivity contribution in [2.24, 2.45) is 0 Å². The van der Waals surface area contributed by atoms with Crippen molar-refractivity contribution in [2.75, 3.05) is 5.32 Å². The zero-order chi connectivity index (χ0) is 24.9. The fourth-order valence-electron chi connectivity index (χ4n) is 4.06. The van der Waals surface area contributed by atoms with E-state index in [1.165, 1.54) is 18.2 Å². The van der Waals surface area contributed by atoms with E-state index in [2.05, 4.69) is 5.32 Å². The molecule has 0 aliphatic rings. The summed E-state index contributed by atoms with van der Waals surface area (Å²) in [4.78, 5) is 24.5. The number of nitrogens with one attached hydrogen (secondary N) is 1. The molecule has 0 aliphatic carbocycles. The highest BCUT2D eigenvalue weighted by Crippen LogP contribution is 2.30. The number of aliphatic carboxylic acids is 1. The van der Waals surface area contributed by atoms with Crippen molar-refractivity contribution in [1.29, 1.82) is 0 Å². The van der Waals surface area contributed by atoms with Crippen LogP contribution in [0.4, 0.5) is 10.1 Å². The Morgan fingerprint density at radius 2 is 1.74 bits per heavy atom. The molecule has 5 nitrogen and oxygen atoms in total. The van der Waals surface area contributed by atoms with Crippen LogP contribution in [0.2, 0.25) is 0 Å². The van der Waals surface area contributed by atoms with Crippen molar-refractivity contribution in [3.8, 4) is 11.1 Å². The molecule has 0 saturated heterocycles. The molecule has 4 rings (SSSR count). The Balaban J connectivity index is 1.77. The van der Waals surface area contributed by atoms with Gasteiger partial charge < -0.3 is 15.5 Å². The third-order valence-corrected chi connectivity index (χ3v) is 5.81. The van der Waals surface area contributed by atoms with E-state index >= 15 is 0 Å². The first kappa shape index (κ1) is 23.9. The van der Waals surface area contributed by atoms with Gasteiger partial charge in [-0.25, -0.2) is 9.18 Å². The molecule has 0 bridgehead atoms. The first-order chi connectivity index (χ1) is 16.9. The summed E-state index contributed by atoms with van der Waals surface area (Å²) < 4.78 is 14.6. The van der Waals surface area contributed by atoms with E-state index in [4.69, 9.17) is 5.11 Å². The number of rotatable bonds is 7. The molecule has 0 unspecified atom stereocenters. The van der Waals surface area contributed by atoms with Crippen LogP contribution in [-0.2, 0) is 11.4 Å². The SMILES string of the molecule is CC/C(=C\C(=O)O)c1ccc(F)c(NC(=O)c2cc(-c3cccc(CO)c3)cc3ccccc23)c1. The number of carbonyl (C=O) groups excluding carboxylic acids is 1. The fraction of sp³-hybridized carbons (Fsp3) is 0.103. The Labute approximate surface area is 202 Å². The van der Waals surface area contributed by atoms with Gasteiger partial charge in [-0.15, -0.1) is 0 Å². The predicted octanol–water partition coefficient (Wildman–Crippen LogP) is 6.27. The first-order valence-electron chi connectivity index (χ1n) is 11.2. The van der Waals surface area contributed by atoms with Gasteiger partial charge in [-0.1, -0.05) is 55.5 Å². The highest BCUT2D eigenvalue weighted by molar-refractivity contribution is 6.14. The lowest BCUT2D eigenvalue weighted by Crippen LogP contribution is -2.14. The molecule has 0 fully saturated rings. The first-order valence-corrected chi connectivity index (χ1v) is 11.2. The molecule has 0 spiro atoms. The van der Waals surface area contributed by atoms with Crippen LogP contribution >= 0.6 is 0 Å². The average Bonchev–Trinajstić information content (AvgIpc) is 2.87. The third-order valence-electron chi connectivity index (χ3n) is 5.81. The number of carbonyl (C=O) groups is 2. The monoisotopic (exact) mass is 469 g/mol. The second kappa shape index (κ2) is 10.3. The van der Waals surface area contributed by atoms with Crippen molar-refractivity contribution in [1.82, 2.24) is 0 Å². The molecule has 0 saturated carbocycles. The van der Waals surface area contributed by atoms with E-state index < -0.39 is 17.7 Å². The second-order valence-electron chi connectivity index (χ2n) is 8.11. The van der Waals surface area contributed by atoms with Gasteiger partial charge in [0.2, 0.25) is 0 Å². The molecule has 1 amide bonds. The van der Waals surface area contributed by atoms with Crippen LogP contribution in [-0.4, -0.2) is 22.1 Å². The molecule has 0 radical (unpaired) electrons. The molecule has 0 heterocycles. The number of fused-ring (bicyclic) bond motifs is 1. The molecule has 3 N–H and O–H groups in total. The number of carboxylic acids is 1. The van der Waals surface area contributed by atoms with Crippen LogP contribution in [0, 0.1) is 5.82 Å². The topological polar surface area (TPSA) is 86.6 Å². The number of allylic oxidation sites excluding steroid dienone is 1. The zero-order valence-electron chi connectivity index (χ0n) is 19.1. The van der Waals surface area contributed by atoms with E-state index in [0.29, 0.717) is 28.5 Å². The van der Waals surface area contributed by atoms with Crippen LogP contribution in [0.15, 0.2) is 84.9 Å². The summed E-state index contributed by atoms with van der Waals surface area (Å²) in [7, 11) is 0. The number of benzene rings is 4. The van der Waals surface area contributed by atoms with Crippen LogP contribution in [0.5, 0.6) is 0 Å². The van der Waals surface area contributed by atoms with Gasteiger partial charge in [-0.05, 0) is 75.4 Å². The number of carboxylic acid groups (broad SMARTS) is 1. The van der Waals surface area contributed by atoms with E-state index in [9.17, 15) is 19.1 Å². The van der Waals surface area contributed by atoms with E-state index in [1.54, 1.807) is 13.0 Å². The number of amides is 1. The van der Waals surface area contributed by atoms with Crippen LogP contribution in [0.1, 0.15) is 34.8 Å². The minimum Gasteiger partial charge on any atom is -0.478 e. The Bertz CT molecular complexity index is 1460. The lowest BCUT2D eigenvalue weighted by Gasteiger charge is -2.13. The molecule has 35 heavy (non-hydrogen) atoms. The van der Waals surface area contributed by atoms with E-state index in [-0.39, 0.29) is 12.3 Å². The normalized spacial score (nSPS) is 11.5. The van der Waals surface area contributed by atoms with Gasteiger partial charge >= 0.3 is 5.97 Å².